The average molecular weight is 608 g/mol. The number of nitrogens with zero attached hydrogens (tertiary/aromatic N) is 2. The summed E-state index contributed by atoms with van der Waals surface area (Å²) in [5.74, 6) is 0.833. The molecule has 0 amide bonds. The monoisotopic (exact) mass is 607 g/mol. The van der Waals surface area contributed by atoms with Gasteiger partial charge in [-0.3, -0.25) is 4.90 Å². The second-order valence-electron chi connectivity index (χ2n) is 14.2. The number of hydrogen-bond acceptors (Lipinski definition) is 4. The summed E-state index contributed by atoms with van der Waals surface area (Å²) >= 11 is 0. The molecule has 0 bridgehead atoms. The Kier molecular flexibility index (Phi) is 10.0. The number of rotatable bonds is 6. The van der Waals surface area contributed by atoms with Gasteiger partial charge in [0, 0.05) is 31.7 Å². The van der Waals surface area contributed by atoms with Crippen molar-refractivity contribution >= 4 is 10.0 Å². The van der Waals surface area contributed by atoms with E-state index in [1.807, 2.05) is 7.05 Å². The van der Waals surface area contributed by atoms with E-state index < -0.39 is 33.5 Å². The standard InChI is InChI=1S/C31H53F4N3O2S/c1-20-21(2)26(32)15-14-24(20)22-10-12-23(13-11-22)30-27(18-36-3)38-17-7-6-16-37(19-28(30)38)41(39,40)29-9-5-4-8-25(29)31(33,34)35/h20-30,36H,4-19H2,1-3H3/t20?,21?,22?,23?,24?,25?,26?,27-,28?,29?,30-/m1/s1. The first kappa shape index (κ1) is 32.0. The summed E-state index contributed by atoms with van der Waals surface area (Å²) in [7, 11) is -2.10. The summed E-state index contributed by atoms with van der Waals surface area (Å²) in [6.07, 6.45) is 3.57. The Hall–Kier alpha value is -0.450. The van der Waals surface area contributed by atoms with Gasteiger partial charge in [-0.2, -0.15) is 13.2 Å². The quantitative estimate of drug-likeness (QED) is 0.363. The van der Waals surface area contributed by atoms with E-state index in [1.165, 1.54) is 4.31 Å². The zero-order valence-corrected chi connectivity index (χ0v) is 26.1. The van der Waals surface area contributed by atoms with Crippen LogP contribution in [0.5, 0.6) is 0 Å². The molecule has 5 aliphatic rings. The van der Waals surface area contributed by atoms with Gasteiger partial charge < -0.3 is 5.32 Å². The minimum absolute atomic E-state index is 0.0684. The van der Waals surface area contributed by atoms with Crippen LogP contribution in [0.2, 0.25) is 0 Å². The van der Waals surface area contributed by atoms with Crippen molar-refractivity contribution in [2.75, 3.05) is 33.2 Å². The first-order chi connectivity index (χ1) is 19.4. The normalized spacial score (nSPS) is 43.9. The summed E-state index contributed by atoms with van der Waals surface area (Å²) in [5.41, 5.74) is 0. The number of alkyl halides is 4. The van der Waals surface area contributed by atoms with Gasteiger partial charge in [0.15, 0.2) is 0 Å². The lowest BCUT2D eigenvalue weighted by Gasteiger charge is -2.61. The van der Waals surface area contributed by atoms with Gasteiger partial charge in [0.1, 0.15) is 6.17 Å². The third-order valence-corrected chi connectivity index (χ3v) is 14.7. The molecular weight excluding hydrogens is 554 g/mol. The second kappa shape index (κ2) is 12.9. The lowest BCUT2D eigenvalue weighted by Crippen LogP contribution is -2.72. The van der Waals surface area contributed by atoms with E-state index in [0.29, 0.717) is 74.4 Å². The largest absolute Gasteiger partial charge is 0.393 e. The predicted octanol–water partition coefficient (Wildman–Crippen LogP) is 6.25. The number of sulfonamides is 1. The van der Waals surface area contributed by atoms with Crippen LogP contribution < -0.4 is 5.32 Å². The molecule has 10 heteroatoms. The molecule has 0 spiro atoms. The van der Waals surface area contributed by atoms with Crippen molar-refractivity contribution in [2.45, 2.75) is 121 Å². The number of nitrogens with one attached hydrogen (secondary N) is 1. The van der Waals surface area contributed by atoms with Crippen molar-refractivity contribution in [2.24, 2.45) is 41.4 Å². The molecule has 5 nitrogen and oxygen atoms in total. The lowest BCUT2D eigenvalue weighted by atomic mass is 9.60. The van der Waals surface area contributed by atoms with E-state index in [0.717, 1.165) is 51.6 Å². The molecule has 5 fully saturated rings. The van der Waals surface area contributed by atoms with Gasteiger partial charge in [-0.15, -0.1) is 0 Å². The van der Waals surface area contributed by atoms with Crippen LogP contribution in [0, 0.1) is 41.4 Å². The molecule has 41 heavy (non-hydrogen) atoms. The average Bonchev–Trinajstić information content (AvgIpc) is 2.92. The molecule has 9 atom stereocenters. The summed E-state index contributed by atoms with van der Waals surface area (Å²) in [6.45, 7) is 6.73. The Morgan fingerprint density at radius 3 is 2.17 bits per heavy atom. The van der Waals surface area contributed by atoms with Crippen molar-refractivity contribution in [1.82, 2.24) is 14.5 Å². The predicted molar refractivity (Wildman–Crippen MR) is 155 cm³/mol. The van der Waals surface area contributed by atoms with E-state index >= 15 is 0 Å². The van der Waals surface area contributed by atoms with E-state index in [9.17, 15) is 26.0 Å². The molecule has 3 saturated carbocycles. The Morgan fingerprint density at radius 2 is 1.49 bits per heavy atom. The Balaban J connectivity index is 1.30. The molecule has 2 aliphatic heterocycles. The lowest BCUT2D eigenvalue weighted by molar-refractivity contribution is -0.180. The SMILES string of the molecule is CNC[C@@H]1[C@@H](C2CCC(C3CCC(F)C(C)C3C)CC2)C2CN(S(=O)(=O)C3CCCCC3C(F)(F)F)CCCCN21. The number of halogens is 4. The molecule has 0 radical (unpaired) electrons. The van der Waals surface area contributed by atoms with Crippen LogP contribution in [0.1, 0.15) is 90.9 Å². The smallest absolute Gasteiger partial charge is 0.318 e. The Morgan fingerprint density at radius 1 is 0.829 bits per heavy atom. The second-order valence-corrected chi connectivity index (χ2v) is 16.4. The minimum Gasteiger partial charge on any atom is -0.318 e. The summed E-state index contributed by atoms with van der Waals surface area (Å²) < 4.78 is 85.4. The van der Waals surface area contributed by atoms with Crippen LogP contribution in [0.15, 0.2) is 0 Å². The fourth-order valence-electron chi connectivity index (χ4n) is 9.84. The van der Waals surface area contributed by atoms with E-state index in [4.69, 9.17) is 0 Å². The highest BCUT2D eigenvalue weighted by Gasteiger charge is 2.56. The molecule has 5 rings (SSSR count). The Bertz CT molecular complexity index is 973. The molecule has 2 heterocycles. The van der Waals surface area contributed by atoms with Crippen LogP contribution in [-0.2, 0) is 10.0 Å². The molecule has 0 aromatic heterocycles. The van der Waals surface area contributed by atoms with Gasteiger partial charge in [0.25, 0.3) is 0 Å². The third-order valence-electron chi connectivity index (χ3n) is 12.3. The first-order valence-corrected chi connectivity index (χ1v) is 18.1. The number of hydrogen-bond donors (Lipinski definition) is 1. The number of fused-ring (bicyclic) bond motifs is 1. The van der Waals surface area contributed by atoms with Gasteiger partial charge in [0.2, 0.25) is 10.0 Å². The summed E-state index contributed by atoms with van der Waals surface area (Å²) in [5, 5.41) is 2.01. The molecule has 1 N–H and O–H groups in total. The molecule has 7 unspecified atom stereocenters. The molecule has 0 aromatic carbocycles. The van der Waals surface area contributed by atoms with E-state index in [2.05, 4.69) is 24.1 Å². The fourth-order valence-corrected chi connectivity index (χ4v) is 12.1. The number of likely N-dealkylation sites (N-methyl/N-ethyl adjacent to an activating group) is 1. The minimum atomic E-state index is -4.48. The molecule has 3 aliphatic carbocycles. The summed E-state index contributed by atoms with van der Waals surface area (Å²) in [6, 6.07) is 0.409. The third kappa shape index (κ3) is 6.37. The van der Waals surface area contributed by atoms with Crippen molar-refractivity contribution in [1.29, 1.82) is 0 Å². The topological polar surface area (TPSA) is 52.7 Å². The van der Waals surface area contributed by atoms with Crippen LogP contribution in [0.4, 0.5) is 17.6 Å². The first-order valence-electron chi connectivity index (χ1n) is 16.5. The van der Waals surface area contributed by atoms with Crippen molar-refractivity contribution in [3.63, 3.8) is 0 Å². The van der Waals surface area contributed by atoms with E-state index in [1.54, 1.807) is 0 Å². The van der Waals surface area contributed by atoms with E-state index in [-0.39, 0.29) is 24.8 Å². The van der Waals surface area contributed by atoms with Gasteiger partial charge in [-0.25, -0.2) is 17.1 Å². The van der Waals surface area contributed by atoms with Crippen molar-refractivity contribution < 1.29 is 26.0 Å². The van der Waals surface area contributed by atoms with Crippen LogP contribution in [0.25, 0.3) is 0 Å². The zero-order chi connectivity index (χ0) is 29.5. The van der Waals surface area contributed by atoms with Gasteiger partial charge in [-0.1, -0.05) is 26.7 Å². The van der Waals surface area contributed by atoms with Gasteiger partial charge >= 0.3 is 6.18 Å². The Labute approximate surface area is 245 Å². The highest BCUT2D eigenvalue weighted by Crippen LogP contribution is 2.50. The fraction of sp³-hybridized carbons (Fsp3) is 1.00. The zero-order valence-electron chi connectivity index (χ0n) is 25.3. The highest BCUT2D eigenvalue weighted by molar-refractivity contribution is 7.89. The molecule has 0 aromatic rings. The maximum Gasteiger partial charge on any atom is 0.393 e. The van der Waals surface area contributed by atoms with Gasteiger partial charge in [-0.05, 0) is 113 Å². The van der Waals surface area contributed by atoms with Crippen LogP contribution in [0.3, 0.4) is 0 Å². The van der Waals surface area contributed by atoms with Crippen LogP contribution >= 0.6 is 0 Å². The van der Waals surface area contributed by atoms with Crippen molar-refractivity contribution in [3.05, 3.63) is 0 Å². The van der Waals surface area contributed by atoms with Gasteiger partial charge in [0.05, 0.1) is 11.2 Å². The maximum absolute atomic E-state index is 14.3. The summed E-state index contributed by atoms with van der Waals surface area (Å²) in [4.78, 5) is 2.46. The molecule has 2 saturated heterocycles. The highest BCUT2D eigenvalue weighted by atomic mass is 32.2. The molecule has 238 valence electrons. The van der Waals surface area contributed by atoms with Crippen molar-refractivity contribution in [3.8, 4) is 0 Å². The molecular formula is C31H53F4N3O2S. The maximum atomic E-state index is 14.3. The van der Waals surface area contributed by atoms with Crippen LogP contribution in [-0.4, -0.2) is 80.5 Å².